The van der Waals surface area contributed by atoms with Crippen molar-refractivity contribution >= 4 is 35.3 Å². The maximum atomic E-state index is 16.4. The second kappa shape index (κ2) is 19.5. The fourth-order valence-electron chi connectivity index (χ4n) is 10.2. The van der Waals surface area contributed by atoms with Crippen molar-refractivity contribution in [2.24, 2.45) is 5.92 Å². The van der Waals surface area contributed by atoms with Crippen LogP contribution in [-0.4, -0.2) is 64.6 Å². The quantitative estimate of drug-likeness (QED) is 0.0406. The molecular formula is C54H48N4O10. The highest BCUT2D eigenvalue weighted by Crippen LogP contribution is 2.66. The van der Waals surface area contributed by atoms with Crippen LogP contribution < -0.4 is 15.0 Å². The molecule has 3 aliphatic heterocycles. The molecule has 0 radical (unpaired) electrons. The molecule has 2 fully saturated rings. The summed E-state index contributed by atoms with van der Waals surface area (Å²) < 4.78 is 18.4. The summed E-state index contributed by atoms with van der Waals surface area (Å²) >= 11 is 0. The Labute approximate surface area is 393 Å². The summed E-state index contributed by atoms with van der Waals surface area (Å²) in [5.41, 5.74) is 1.92. The molecule has 9 rings (SSSR count). The van der Waals surface area contributed by atoms with Gasteiger partial charge in [-0.15, -0.1) is 6.58 Å². The van der Waals surface area contributed by atoms with Crippen molar-refractivity contribution in [3.63, 3.8) is 0 Å². The Hall–Kier alpha value is -7.86. The number of aliphatic hydroxyl groups excluding tert-OH is 1. The summed E-state index contributed by atoms with van der Waals surface area (Å²) in [6, 6.07) is 32.7. The van der Waals surface area contributed by atoms with E-state index in [0.29, 0.717) is 28.0 Å². The maximum absolute atomic E-state index is 16.4. The molecule has 4 aliphatic rings. The number of fused-ring (bicyclic) bond motifs is 3. The second-order valence-corrected chi connectivity index (χ2v) is 17.0. The number of ether oxygens (including phenoxy) is 3. The number of imide groups is 1. The molecule has 2 saturated heterocycles. The van der Waals surface area contributed by atoms with E-state index >= 15 is 14.4 Å². The number of hydrogen-bond donors (Lipinski definition) is 2. The van der Waals surface area contributed by atoms with Gasteiger partial charge in [0.2, 0.25) is 11.8 Å². The third kappa shape index (κ3) is 8.31. The standard InChI is InChI=1S/C54H48N4O10/c1-2-29-55-50(60)45-47-51(61)68-48(39-17-10-5-11-18-39)46(38-15-8-4-9-16-38)57(47)49(40-19-12-20-42(33-40)66-31-30-59)54(45)43-32-36(22-21-35-13-6-3-7-14-35)25-28-44(43)56(52(54)62)53(63)67-34-37-23-26-41(27-24-37)58(64)65/h2,4-5,8-13,15-20,23-28,32-33,45-49,59H,1,3,6-7,14,29-31,34H2,(H,55,60). The van der Waals surface area contributed by atoms with Gasteiger partial charge in [0.05, 0.1) is 35.2 Å². The third-order valence-corrected chi connectivity index (χ3v) is 13.0. The van der Waals surface area contributed by atoms with Crippen LogP contribution in [0.4, 0.5) is 16.2 Å². The first-order chi connectivity index (χ1) is 33.1. The highest BCUT2D eigenvalue weighted by Gasteiger charge is 2.75. The lowest BCUT2D eigenvalue weighted by Crippen LogP contribution is -2.55. The van der Waals surface area contributed by atoms with E-state index in [0.717, 1.165) is 41.7 Å². The first-order valence-corrected chi connectivity index (χ1v) is 22.6. The molecule has 5 aromatic carbocycles. The van der Waals surface area contributed by atoms with Gasteiger partial charge in [-0.25, -0.2) is 9.69 Å². The van der Waals surface area contributed by atoms with Gasteiger partial charge in [0, 0.05) is 24.2 Å². The Balaban J connectivity index is 1.31. The number of nitro groups is 1. The van der Waals surface area contributed by atoms with Crippen LogP contribution >= 0.6 is 0 Å². The smallest absolute Gasteiger partial charge is 0.421 e. The van der Waals surface area contributed by atoms with Crippen LogP contribution in [0.15, 0.2) is 152 Å². The van der Waals surface area contributed by atoms with Gasteiger partial charge in [-0.2, -0.15) is 0 Å². The average Bonchev–Trinajstić information content (AvgIpc) is 3.83. The SMILES string of the molecule is C=CCNC(=O)C1C2C(=O)OC(c3ccccc3)C(c3ccccc3)N2C(c2cccc(OCCO)c2)C12C(=O)N(C(=O)OCc1ccc([N+](=O)[O-])cc1)c1ccc(C#CC3=CCCCC3)cc12. The predicted molar refractivity (Wildman–Crippen MR) is 251 cm³/mol. The predicted octanol–water partition coefficient (Wildman–Crippen LogP) is 8.12. The maximum Gasteiger partial charge on any atom is 0.421 e. The summed E-state index contributed by atoms with van der Waals surface area (Å²) in [4.78, 5) is 75.5. The van der Waals surface area contributed by atoms with Gasteiger partial charge in [-0.05, 0) is 102 Å². The van der Waals surface area contributed by atoms with Crippen LogP contribution in [0, 0.1) is 27.9 Å². The van der Waals surface area contributed by atoms with Crippen LogP contribution in [0.5, 0.6) is 5.75 Å². The third-order valence-electron chi connectivity index (χ3n) is 13.0. The molecule has 14 heteroatoms. The van der Waals surface area contributed by atoms with E-state index in [2.05, 4.69) is 29.8 Å². The van der Waals surface area contributed by atoms with E-state index in [-0.39, 0.29) is 43.3 Å². The molecule has 6 unspecified atom stereocenters. The molecule has 0 bridgehead atoms. The number of carbonyl (C=O) groups is 4. The molecular weight excluding hydrogens is 865 g/mol. The Bertz CT molecular complexity index is 2860. The van der Waals surface area contributed by atoms with Crippen LogP contribution in [0.1, 0.15) is 77.3 Å². The number of rotatable bonds is 12. The summed E-state index contributed by atoms with van der Waals surface area (Å²) in [5, 5.41) is 24.1. The molecule has 5 aromatic rings. The molecule has 344 valence electrons. The number of carbonyl (C=O) groups excluding carboxylic acids is 4. The number of amides is 3. The number of non-ortho nitro benzene ring substituents is 1. The molecule has 3 amide bonds. The minimum Gasteiger partial charge on any atom is -0.491 e. The van der Waals surface area contributed by atoms with E-state index in [1.165, 1.54) is 30.3 Å². The Morgan fingerprint density at radius 2 is 1.63 bits per heavy atom. The van der Waals surface area contributed by atoms with Crippen molar-refractivity contribution in [1.29, 1.82) is 0 Å². The zero-order chi connectivity index (χ0) is 47.4. The van der Waals surface area contributed by atoms with Gasteiger partial charge in [-0.1, -0.05) is 96.8 Å². The fourth-order valence-corrected chi connectivity index (χ4v) is 10.2. The van der Waals surface area contributed by atoms with E-state index in [9.17, 15) is 20.0 Å². The molecule has 0 aromatic heterocycles. The number of nitrogens with zero attached hydrogens (tertiary/aromatic N) is 3. The average molecular weight is 913 g/mol. The van der Waals surface area contributed by atoms with Crippen LogP contribution in [-0.2, 0) is 35.9 Å². The second-order valence-electron chi connectivity index (χ2n) is 17.0. The largest absolute Gasteiger partial charge is 0.491 e. The highest BCUT2D eigenvalue weighted by atomic mass is 16.6. The number of hydrogen-bond acceptors (Lipinski definition) is 11. The van der Waals surface area contributed by atoms with E-state index in [1.807, 2.05) is 65.6 Å². The van der Waals surface area contributed by atoms with E-state index in [4.69, 9.17) is 14.2 Å². The molecule has 1 aliphatic carbocycles. The van der Waals surface area contributed by atoms with Gasteiger partial charge in [-0.3, -0.25) is 29.4 Å². The zero-order valence-corrected chi connectivity index (χ0v) is 37.0. The molecule has 3 heterocycles. The number of nitro benzene ring substituents is 1. The highest BCUT2D eigenvalue weighted by molar-refractivity contribution is 6.23. The first-order valence-electron chi connectivity index (χ1n) is 22.6. The molecule has 6 atom stereocenters. The topological polar surface area (TPSA) is 178 Å². The summed E-state index contributed by atoms with van der Waals surface area (Å²) in [7, 11) is 0. The normalized spacial score (nSPS) is 22.8. The van der Waals surface area contributed by atoms with Crippen molar-refractivity contribution in [2.75, 3.05) is 24.7 Å². The zero-order valence-electron chi connectivity index (χ0n) is 37.0. The summed E-state index contributed by atoms with van der Waals surface area (Å²) in [5.74, 6) is 3.15. The van der Waals surface area contributed by atoms with Crippen LogP contribution in [0.3, 0.4) is 0 Å². The number of aliphatic hydroxyl groups is 1. The number of morpholine rings is 1. The van der Waals surface area contributed by atoms with Crippen LogP contribution in [0.2, 0.25) is 0 Å². The van der Waals surface area contributed by atoms with Crippen molar-refractivity contribution < 1.29 is 43.4 Å². The van der Waals surface area contributed by atoms with Crippen molar-refractivity contribution in [3.05, 3.63) is 195 Å². The lowest BCUT2D eigenvalue weighted by atomic mass is 9.65. The molecule has 0 saturated carbocycles. The Morgan fingerprint density at radius 3 is 2.32 bits per heavy atom. The lowest BCUT2D eigenvalue weighted by Gasteiger charge is -2.46. The Morgan fingerprint density at radius 1 is 0.897 bits per heavy atom. The monoisotopic (exact) mass is 912 g/mol. The van der Waals surface area contributed by atoms with Crippen molar-refractivity contribution in [1.82, 2.24) is 10.2 Å². The van der Waals surface area contributed by atoms with Crippen molar-refractivity contribution in [2.45, 2.75) is 61.9 Å². The minimum atomic E-state index is -2.08. The summed E-state index contributed by atoms with van der Waals surface area (Å²) in [6.07, 6.45) is 5.40. The number of anilines is 1. The first kappa shape index (κ1) is 45.3. The Kier molecular flexibility index (Phi) is 13.0. The van der Waals surface area contributed by atoms with E-state index < -0.39 is 64.4 Å². The number of benzene rings is 5. The number of cyclic esters (lactones) is 1. The number of allylic oxidation sites excluding steroid dienone is 2. The molecule has 14 nitrogen and oxygen atoms in total. The van der Waals surface area contributed by atoms with E-state index in [1.54, 1.807) is 42.5 Å². The molecule has 2 N–H and O–H groups in total. The van der Waals surface area contributed by atoms with Gasteiger partial charge < -0.3 is 24.6 Å². The van der Waals surface area contributed by atoms with Gasteiger partial charge in [0.1, 0.15) is 36.5 Å². The van der Waals surface area contributed by atoms with Gasteiger partial charge in [0.15, 0.2) is 0 Å². The van der Waals surface area contributed by atoms with Gasteiger partial charge in [0.25, 0.3) is 5.69 Å². The minimum absolute atomic E-state index is 0.0141. The summed E-state index contributed by atoms with van der Waals surface area (Å²) in [6.45, 7) is 3.13. The number of nitrogens with one attached hydrogen (secondary N) is 1. The molecule has 68 heavy (non-hydrogen) atoms. The van der Waals surface area contributed by atoms with Crippen molar-refractivity contribution in [3.8, 4) is 17.6 Å². The molecule has 1 spiro atoms. The van der Waals surface area contributed by atoms with Crippen LogP contribution in [0.25, 0.3) is 0 Å². The lowest BCUT2D eigenvalue weighted by molar-refractivity contribution is -0.384. The van der Waals surface area contributed by atoms with Gasteiger partial charge >= 0.3 is 12.1 Å². The number of esters is 1. The fraction of sp³-hybridized carbons (Fsp3) is 0.259.